The molecular weight excluding hydrogens is 572 g/mol. The van der Waals surface area contributed by atoms with Crippen LogP contribution in [0.15, 0.2) is 60.7 Å². The molecule has 3 aliphatic rings. The lowest BCUT2D eigenvalue weighted by Gasteiger charge is -2.65. The van der Waals surface area contributed by atoms with Crippen LogP contribution < -0.4 is 0 Å². The molecule has 0 unspecified atom stereocenters. The second kappa shape index (κ2) is 11.3. The molecule has 11 nitrogen and oxygen atoms in total. The van der Waals surface area contributed by atoms with E-state index in [1.165, 1.54) is 32.9 Å². The molecule has 1 spiro atoms. The van der Waals surface area contributed by atoms with E-state index in [1.54, 1.807) is 62.4 Å². The number of carbonyl (C=O) groups excluding carboxylic acids is 4. The Hall–Kier alpha value is -3.80. The Bertz CT molecular complexity index is 1420. The van der Waals surface area contributed by atoms with E-state index >= 15 is 0 Å². The second-order valence-corrected chi connectivity index (χ2v) is 12.6. The SMILES string of the molecule is CC(=O)OC[C@@]12[C@@H](OC(=O)c3ccccc3)CC[C@](C)(O)[C@]13OC(C)(C)[C@H]([C@H](O)[C@H]2OC(=O)c1ccccc1)[C@H]3OC(C)=O. The Morgan fingerprint density at radius 1 is 0.818 bits per heavy atom. The number of aliphatic hydroxyl groups is 2. The fourth-order valence-corrected chi connectivity index (χ4v) is 7.72. The maximum atomic E-state index is 13.6. The normalized spacial score (nSPS) is 35.1. The average Bonchev–Trinajstić information content (AvgIpc) is 3.17. The van der Waals surface area contributed by atoms with Gasteiger partial charge in [-0.25, -0.2) is 9.59 Å². The Balaban J connectivity index is 1.77. The summed E-state index contributed by atoms with van der Waals surface area (Å²) < 4.78 is 30.5. The van der Waals surface area contributed by atoms with Crippen molar-refractivity contribution < 1.29 is 53.1 Å². The summed E-state index contributed by atoms with van der Waals surface area (Å²) in [6.07, 6.45) is -5.72. The van der Waals surface area contributed by atoms with Gasteiger partial charge in [0.05, 0.1) is 28.2 Å². The number of rotatable bonds is 7. The highest BCUT2D eigenvalue weighted by Gasteiger charge is 2.86. The highest BCUT2D eigenvalue weighted by molar-refractivity contribution is 5.90. The molecule has 1 aliphatic heterocycles. The molecule has 2 aromatic rings. The third kappa shape index (κ3) is 4.87. The third-order valence-corrected chi connectivity index (χ3v) is 9.41. The van der Waals surface area contributed by atoms with Crippen molar-refractivity contribution in [3.8, 4) is 0 Å². The molecule has 2 aromatic carbocycles. The van der Waals surface area contributed by atoms with Crippen LogP contribution in [-0.2, 0) is 33.3 Å². The maximum Gasteiger partial charge on any atom is 0.338 e. The van der Waals surface area contributed by atoms with Crippen LogP contribution in [0.4, 0.5) is 0 Å². The van der Waals surface area contributed by atoms with Crippen LogP contribution in [0.5, 0.6) is 0 Å². The quantitative estimate of drug-likeness (QED) is 0.351. The second-order valence-electron chi connectivity index (χ2n) is 12.6. The molecule has 236 valence electrons. The predicted octanol–water partition coefficient (Wildman–Crippen LogP) is 3.00. The summed E-state index contributed by atoms with van der Waals surface area (Å²) in [7, 11) is 0. The summed E-state index contributed by atoms with van der Waals surface area (Å²) in [5, 5.41) is 24.5. The lowest BCUT2D eigenvalue weighted by molar-refractivity contribution is -0.347. The molecule has 44 heavy (non-hydrogen) atoms. The first-order valence-corrected chi connectivity index (χ1v) is 14.6. The maximum absolute atomic E-state index is 13.6. The average molecular weight is 611 g/mol. The molecule has 8 atom stereocenters. The molecule has 2 aliphatic carbocycles. The van der Waals surface area contributed by atoms with Gasteiger partial charge < -0.3 is 33.9 Å². The minimum absolute atomic E-state index is 0.00193. The van der Waals surface area contributed by atoms with Crippen LogP contribution in [0.25, 0.3) is 0 Å². The first-order valence-electron chi connectivity index (χ1n) is 14.6. The minimum Gasteiger partial charge on any atom is -0.465 e. The summed E-state index contributed by atoms with van der Waals surface area (Å²) in [5.41, 5.74) is -6.66. The number of aliphatic hydroxyl groups excluding tert-OH is 1. The van der Waals surface area contributed by atoms with Crippen LogP contribution in [0.1, 0.15) is 68.2 Å². The van der Waals surface area contributed by atoms with E-state index < -0.39 is 83.0 Å². The van der Waals surface area contributed by atoms with Crippen LogP contribution in [0.2, 0.25) is 0 Å². The van der Waals surface area contributed by atoms with Crippen molar-refractivity contribution >= 4 is 23.9 Å². The highest BCUT2D eigenvalue weighted by atomic mass is 16.6. The predicted molar refractivity (Wildman–Crippen MR) is 153 cm³/mol. The van der Waals surface area contributed by atoms with Gasteiger partial charge in [-0.3, -0.25) is 9.59 Å². The lowest BCUT2D eigenvalue weighted by Crippen LogP contribution is -2.83. The minimum atomic E-state index is -1.99. The van der Waals surface area contributed by atoms with Crippen LogP contribution >= 0.6 is 0 Å². The first kappa shape index (κ1) is 31.6. The van der Waals surface area contributed by atoms with Crippen molar-refractivity contribution in [2.24, 2.45) is 11.3 Å². The molecule has 2 N–H and O–H groups in total. The van der Waals surface area contributed by atoms with E-state index in [-0.39, 0.29) is 24.0 Å². The number of hydrogen-bond acceptors (Lipinski definition) is 11. The fourth-order valence-electron chi connectivity index (χ4n) is 7.72. The smallest absolute Gasteiger partial charge is 0.338 e. The Labute approximate surface area is 255 Å². The van der Waals surface area contributed by atoms with Gasteiger partial charge >= 0.3 is 23.9 Å². The van der Waals surface area contributed by atoms with Crippen molar-refractivity contribution in [2.75, 3.05) is 6.61 Å². The molecule has 0 radical (unpaired) electrons. The summed E-state index contributed by atoms with van der Waals surface area (Å²) >= 11 is 0. The number of esters is 4. The molecule has 1 saturated heterocycles. The van der Waals surface area contributed by atoms with E-state index in [4.69, 9.17) is 23.7 Å². The Morgan fingerprint density at radius 3 is 1.89 bits per heavy atom. The molecule has 0 aromatic heterocycles. The van der Waals surface area contributed by atoms with E-state index in [1.807, 2.05) is 0 Å². The van der Waals surface area contributed by atoms with Crippen molar-refractivity contribution in [1.82, 2.24) is 0 Å². The van der Waals surface area contributed by atoms with Gasteiger partial charge in [0.2, 0.25) is 0 Å². The zero-order valence-corrected chi connectivity index (χ0v) is 25.4. The summed E-state index contributed by atoms with van der Waals surface area (Å²) in [6, 6.07) is 16.3. The van der Waals surface area contributed by atoms with Crippen molar-refractivity contribution in [1.29, 1.82) is 0 Å². The zero-order valence-electron chi connectivity index (χ0n) is 25.4. The van der Waals surface area contributed by atoms with Gasteiger partial charge in [-0.15, -0.1) is 0 Å². The van der Waals surface area contributed by atoms with Crippen LogP contribution in [0, 0.1) is 11.3 Å². The molecular formula is C33H38O11. The standard InChI is InChI=1S/C33H38O11/c1-19(34)40-18-32-23(42-28(37)21-12-8-6-9-13-21)16-17-31(5,39)33(32)26(41-20(2)35)24(30(3,4)44-33)25(36)27(32)43-29(38)22-14-10-7-11-15-22/h6-15,23-27,36,39H,16-18H2,1-5H3/t23-,24+,25-,26+,27+,31-,32-,33-/m0/s1. The number of carbonyl (C=O) groups is 4. The van der Waals surface area contributed by atoms with Gasteiger partial charge in [0.25, 0.3) is 0 Å². The topological polar surface area (TPSA) is 155 Å². The number of fused-ring (bicyclic) bond motifs is 1. The largest absolute Gasteiger partial charge is 0.465 e. The van der Waals surface area contributed by atoms with E-state index in [0.29, 0.717) is 0 Å². The Kier molecular flexibility index (Phi) is 8.11. The number of ether oxygens (including phenoxy) is 5. The van der Waals surface area contributed by atoms with Gasteiger partial charge in [0.15, 0.2) is 5.60 Å². The fraction of sp³-hybridized carbons (Fsp3) is 0.515. The van der Waals surface area contributed by atoms with Crippen LogP contribution in [-0.4, -0.2) is 81.9 Å². The van der Waals surface area contributed by atoms with Gasteiger partial charge in [-0.1, -0.05) is 36.4 Å². The van der Waals surface area contributed by atoms with Gasteiger partial charge in [0, 0.05) is 13.8 Å². The van der Waals surface area contributed by atoms with Gasteiger partial charge in [0.1, 0.15) is 36.4 Å². The molecule has 3 fully saturated rings. The molecule has 5 rings (SSSR count). The molecule has 2 saturated carbocycles. The van der Waals surface area contributed by atoms with Crippen LogP contribution in [0.3, 0.4) is 0 Å². The van der Waals surface area contributed by atoms with E-state index in [2.05, 4.69) is 0 Å². The summed E-state index contributed by atoms with van der Waals surface area (Å²) in [5.74, 6) is -4.00. The number of benzene rings is 2. The summed E-state index contributed by atoms with van der Waals surface area (Å²) in [6.45, 7) is 6.57. The Morgan fingerprint density at radius 2 is 1.36 bits per heavy atom. The first-order chi connectivity index (χ1) is 20.7. The van der Waals surface area contributed by atoms with E-state index in [9.17, 15) is 29.4 Å². The molecule has 1 heterocycles. The van der Waals surface area contributed by atoms with Crippen molar-refractivity contribution in [3.63, 3.8) is 0 Å². The molecule has 11 heteroatoms. The monoisotopic (exact) mass is 610 g/mol. The van der Waals surface area contributed by atoms with E-state index in [0.717, 1.165) is 0 Å². The molecule has 2 bridgehead atoms. The van der Waals surface area contributed by atoms with Gasteiger partial charge in [-0.05, 0) is 57.9 Å². The van der Waals surface area contributed by atoms with Gasteiger partial charge in [-0.2, -0.15) is 0 Å². The molecule has 0 amide bonds. The van der Waals surface area contributed by atoms with Crippen molar-refractivity contribution in [3.05, 3.63) is 71.8 Å². The number of hydrogen-bond donors (Lipinski definition) is 2. The lowest BCUT2D eigenvalue weighted by atomic mass is 9.46. The summed E-state index contributed by atoms with van der Waals surface area (Å²) in [4.78, 5) is 52.2. The highest BCUT2D eigenvalue weighted by Crippen LogP contribution is 2.69. The van der Waals surface area contributed by atoms with Crippen molar-refractivity contribution in [2.45, 2.75) is 88.7 Å². The third-order valence-electron chi connectivity index (χ3n) is 9.41. The zero-order chi connectivity index (χ0) is 32.1.